The van der Waals surface area contributed by atoms with Crippen LogP contribution < -0.4 is 10.1 Å². The van der Waals surface area contributed by atoms with Crippen molar-refractivity contribution >= 4 is 17.5 Å². The van der Waals surface area contributed by atoms with Crippen LogP contribution in [0.2, 0.25) is 0 Å². The van der Waals surface area contributed by atoms with Crippen LogP contribution >= 0.6 is 11.6 Å². The first-order valence-corrected chi connectivity index (χ1v) is 7.71. The second-order valence-electron chi connectivity index (χ2n) is 5.18. The van der Waals surface area contributed by atoms with Gasteiger partial charge in [0, 0.05) is 17.5 Å². The second kappa shape index (κ2) is 8.85. The number of carbonyl (C=O) groups excluding carboxylic acids is 1. The predicted octanol–water partition coefficient (Wildman–Crippen LogP) is 3.86. The van der Waals surface area contributed by atoms with Crippen LogP contribution in [0, 0.1) is 5.92 Å². The smallest absolute Gasteiger partial charge is 0.251 e. The van der Waals surface area contributed by atoms with Crippen molar-refractivity contribution in [1.29, 1.82) is 0 Å². The molecule has 112 valence electrons. The highest BCUT2D eigenvalue weighted by atomic mass is 35.5. The summed E-state index contributed by atoms with van der Waals surface area (Å²) in [7, 11) is 0. The minimum atomic E-state index is -0.0734. The molecule has 0 spiro atoms. The summed E-state index contributed by atoms with van der Waals surface area (Å²) in [4.78, 5) is 12.3. The molecule has 1 atom stereocenters. The van der Waals surface area contributed by atoms with Crippen molar-refractivity contribution in [2.24, 2.45) is 5.92 Å². The van der Waals surface area contributed by atoms with Gasteiger partial charge in [0.1, 0.15) is 5.75 Å². The van der Waals surface area contributed by atoms with Gasteiger partial charge in [0.05, 0.1) is 6.61 Å². The molecule has 0 aliphatic heterocycles. The zero-order valence-corrected chi connectivity index (χ0v) is 13.2. The highest BCUT2D eigenvalue weighted by Crippen LogP contribution is 2.15. The fraction of sp³-hybridized carbons (Fsp3) is 0.562. The van der Waals surface area contributed by atoms with E-state index >= 15 is 0 Å². The molecule has 1 amide bonds. The third-order valence-electron chi connectivity index (χ3n) is 3.11. The first-order chi connectivity index (χ1) is 9.58. The molecule has 1 rings (SSSR count). The number of hydrogen-bond donors (Lipinski definition) is 1. The second-order valence-corrected chi connectivity index (χ2v) is 5.56. The maximum Gasteiger partial charge on any atom is 0.251 e. The van der Waals surface area contributed by atoms with E-state index in [1.165, 1.54) is 0 Å². The Morgan fingerprint density at radius 2 is 2.15 bits per heavy atom. The molecule has 1 unspecified atom stereocenters. The molecule has 0 fully saturated rings. The predicted molar refractivity (Wildman–Crippen MR) is 83.7 cm³/mol. The summed E-state index contributed by atoms with van der Waals surface area (Å²) in [6, 6.07) is 7.38. The van der Waals surface area contributed by atoms with Crippen molar-refractivity contribution in [3.8, 4) is 5.75 Å². The van der Waals surface area contributed by atoms with Gasteiger partial charge in [0.15, 0.2) is 0 Å². The Bertz CT molecular complexity index is 421. The Morgan fingerprint density at radius 1 is 1.40 bits per heavy atom. The summed E-state index contributed by atoms with van der Waals surface area (Å²) in [5.41, 5.74) is 0.624. The normalized spacial score (nSPS) is 12.2. The van der Waals surface area contributed by atoms with Crippen LogP contribution in [0.5, 0.6) is 5.75 Å². The summed E-state index contributed by atoms with van der Waals surface area (Å²) >= 11 is 5.78. The number of amides is 1. The van der Waals surface area contributed by atoms with Gasteiger partial charge in [-0.3, -0.25) is 4.79 Å². The molecule has 0 bridgehead atoms. The molecule has 1 aromatic rings. The van der Waals surface area contributed by atoms with E-state index in [9.17, 15) is 4.79 Å². The summed E-state index contributed by atoms with van der Waals surface area (Å²) in [5.74, 6) is 1.56. The quantitative estimate of drug-likeness (QED) is 0.740. The molecule has 4 heteroatoms. The molecule has 1 N–H and O–H groups in total. The fourth-order valence-corrected chi connectivity index (χ4v) is 2.12. The van der Waals surface area contributed by atoms with Crippen LogP contribution in [-0.2, 0) is 0 Å². The molecule has 1 aromatic carbocycles. The van der Waals surface area contributed by atoms with E-state index in [0.717, 1.165) is 18.6 Å². The van der Waals surface area contributed by atoms with Gasteiger partial charge in [0.25, 0.3) is 5.91 Å². The van der Waals surface area contributed by atoms with Crippen LogP contribution in [0.4, 0.5) is 0 Å². The van der Waals surface area contributed by atoms with E-state index in [4.69, 9.17) is 16.3 Å². The number of alkyl halides is 1. The molecule has 0 saturated carbocycles. The third kappa shape index (κ3) is 5.41. The summed E-state index contributed by atoms with van der Waals surface area (Å²) in [5, 5.41) is 3.04. The van der Waals surface area contributed by atoms with Gasteiger partial charge in [-0.1, -0.05) is 26.8 Å². The monoisotopic (exact) mass is 297 g/mol. The van der Waals surface area contributed by atoms with Crippen molar-refractivity contribution < 1.29 is 9.53 Å². The van der Waals surface area contributed by atoms with Gasteiger partial charge in [-0.15, -0.1) is 11.6 Å². The lowest BCUT2D eigenvalue weighted by atomic mass is 10.0. The Hall–Kier alpha value is -1.22. The molecular weight excluding hydrogens is 274 g/mol. The average molecular weight is 298 g/mol. The van der Waals surface area contributed by atoms with Gasteiger partial charge < -0.3 is 10.1 Å². The number of rotatable bonds is 8. The number of ether oxygens (including phenoxy) is 1. The number of benzene rings is 1. The molecule has 0 aliphatic rings. The van der Waals surface area contributed by atoms with E-state index in [2.05, 4.69) is 26.1 Å². The Labute approximate surface area is 126 Å². The van der Waals surface area contributed by atoms with Crippen LogP contribution in [0.25, 0.3) is 0 Å². The lowest BCUT2D eigenvalue weighted by Crippen LogP contribution is -2.38. The summed E-state index contributed by atoms with van der Waals surface area (Å²) in [6.45, 7) is 6.87. The summed E-state index contributed by atoms with van der Waals surface area (Å²) < 4.78 is 5.54. The molecule has 0 aromatic heterocycles. The number of nitrogens with one attached hydrogen (secondary N) is 1. The van der Waals surface area contributed by atoms with Gasteiger partial charge in [-0.2, -0.15) is 0 Å². The van der Waals surface area contributed by atoms with Crippen LogP contribution in [-0.4, -0.2) is 24.4 Å². The van der Waals surface area contributed by atoms with E-state index < -0.39 is 0 Å². The van der Waals surface area contributed by atoms with Gasteiger partial charge >= 0.3 is 0 Å². The van der Waals surface area contributed by atoms with Gasteiger partial charge in [-0.25, -0.2) is 0 Å². The first-order valence-electron chi connectivity index (χ1n) is 7.18. The highest BCUT2D eigenvalue weighted by Gasteiger charge is 2.16. The number of carbonyl (C=O) groups is 1. The Morgan fingerprint density at radius 3 is 2.75 bits per heavy atom. The fourth-order valence-electron chi connectivity index (χ4n) is 1.89. The molecule has 0 aliphatic carbocycles. The van der Waals surface area contributed by atoms with E-state index in [0.29, 0.717) is 24.0 Å². The first kappa shape index (κ1) is 16.8. The van der Waals surface area contributed by atoms with Crippen LogP contribution in [0.3, 0.4) is 0 Å². The minimum Gasteiger partial charge on any atom is -0.494 e. The third-order valence-corrected chi connectivity index (χ3v) is 3.33. The molecule has 0 heterocycles. The lowest BCUT2D eigenvalue weighted by molar-refractivity contribution is 0.0924. The SMILES string of the molecule is CCCOc1cccc(C(=O)NC(CCCl)C(C)C)c1. The van der Waals surface area contributed by atoms with Gasteiger partial charge in [0.2, 0.25) is 0 Å². The van der Waals surface area contributed by atoms with E-state index in [1.807, 2.05) is 12.1 Å². The Balaban J connectivity index is 2.70. The highest BCUT2D eigenvalue weighted by molar-refractivity contribution is 6.17. The topological polar surface area (TPSA) is 38.3 Å². The maximum absolute atomic E-state index is 12.3. The number of halogens is 1. The van der Waals surface area contributed by atoms with Gasteiger partial charge in [-0.05, 0) is 37.0 Å². The lowest BCUT2D eigenvalue weighted by Gasteiger charge is -2.21. The van der Waals surface area contributed by atoms with Crippen molar-refractivity contribution in [3.63, 3.8) is 0 Å². The molecular formula is C16H24ClNO2. The van der Waals surface area contributed by atoms with Crippen LogP contribution in [0.1, 0.15) is 44.0 Å². The Kier molecular flexibility index (Phi) is 7.45. The zero-order chi connectivity index (χ0) is 15.0. The zero-order valence-electron chi connectivity index (χ0n) is 12.5. The minimum absolute atomic E-state index is 0.0734. The van der Waals surface area contributed by atoms with Crippen molar-refractivity contribution in [1.82, 2.24) is 5.32 Å². The largest absolute Gasteiger partial charge is 0.494 e. The molecule has 0 saturated heterocycles. The maximum atomic E-state index is 12.3. The van der Waals surface area contributed by atoms with E-state index in [1.54, 1.807) is 12.1 Å². The van der Waals surface area contributed by atoms with Crippen molar-refractivity contribution in [2.45, 2.75) is 39.7 Å². The average Bonchev–Trinajstić information content (AvgIpc) is 2.44. The molecule has 20 heavy (non-hydrogen) atoms. The standard InChI is InChI=1S/C16H24ClNO2/c1-4-10-20-14-7-5-6-13(11-14)16(19)18-15(8-9-17)12(2)3/h5-7,11-12,15H,4,8-10H2,1-3H3,(H,18,19). The number of hydrogen-bond acceptors (Lipinski definition) is 2. The van der Waals surface area contributed by atoms with E-state index in [-0.39, 0.29) is 11.9 Å². The molecule has 3 nitrogen and oxygen atoms in total. The van der Waals surface area contributed by atoms with Crippen molar-refractivity contribution in [3.05, 3.63) is 29.8 Å². The summed E-state index contributed by atoms with van der Waals surface area (Å²) in [6.07, 6.45) is 1.72. The molecule has 0 radical (unpaired) electrons. The van der Waals surface area contributed by atoms with Crippen LogP contribution in [0.15, 0.2) is 24.3 Å². The van der Waals surface area contributed by atoms with Crippen molar-refractivity contribution in [2.75, 3.05) is 12.5 Å².